The molecule has 0 aliphatic carbocycles. The van der Waals surface area contributed by atoms with E-state index in [0.717, 1.165) is 5.69 Å². The zero-order chi connectivity index (χ0) is 12.3. The Bertz CT molecular complexity index is 448. The summed E-state index contributed by atoms with van der Waals surface area (Å²) < 4.78 is 0. The predicted octanol–water partition coefficient (Wildman–Crippen LogP) is 1.68. The average Bonchev–Trinajstić information content (AvgIpc) is 2.26. The summed E-state index contributed by atoms with van der Waals surface area (Å²) in [7, 11) is 1.62. The molecule has 4 heteroatoms. The fraction of sp³-hybridized carbons (Fsp3) is 0.417. The summed E-state index contributed by atoms with van der Waals surface area (Å²) in [5, 5.41) is 8.75. The van der Waals surface area contributed by atoms with Gasteiger partial charge in [-0.25, -0.2) is 0 Å². The Morgan fingerprint density at radius 1 is 1.50 bits per heavy atom. The van der Waals surface area contributed by atoms with E-state index in [4.69, 9.17) is 5.26 Å². The molecular weight excluding hydrogens is 202 g/mol. The van der Waals surface area contributed by atoms with Gasteiger partial charge in [0.25, 0.3) is 5.91 Å². The van der Waals surface area contributed by atoms with E-state index in [1.165, 1.54) is 4.90 Å². The van der Waals surface area contributed by atoms with Gasteiger partial charge in [-0.1, -0.05) is 0 Å². The van der Waals surface area contributed by atoms with E-state index < -0.39 is 6.04 Å². The molecule has 0 radical (unpaired) electrons. The van der Waals surface area contributed by atoms with Crippen LogP contribution in [0.1, 0.15) is 28.7 Å². The molecule has 84 valence electrons. The molecule has 0 fully saturated rings. The van der Waals surface area contributed by atoms with Gasteiger partial charge in [-0.2, -0.15) is 5.26 Å². The van der Waals surface area contributed by atoms with Crippen molar-refractivity contribution in [2.75, 3.05) is 7.05 Å². The first-order valence-corrected chi connectivity index (χ1v) is 5.08. The molecule has 1 atom stereocenters. The van der Waals surface area contributed by atoms with Crippen molar-refractivity contribution >= 4 is 5.91 Å². The maximum atomic E-state index is 12.0. The number of carbonyl (C=O) groups is 1. The van der Waals surface area contributed by atoms with Crippen molar-refractivity contribution in [3.05, 3.63) is 29.1 Å². The van der Waals surface area contributed by atoms with Gasteiger partial charge in [-0.15, -0.1) is 0 Å². The van der Waals surface area contributed by atoms with Crippen molar-refractivity contribution < 1.29 is 4.79 Å². The third-order valence-electron chi connectivity index (χ3n) is 2.54. The number of carbonyl (C=O) groups excluding carboxylic acids is 1. The summed E-state index contributed by atoms with van der Waals surface area (Å²) >= 11 is 0. The normalized spacial score (nSPS) is 11.7. The minimum Gasteiger partial charge on any atom is -0.326 e. The zero-order valence-corrected chi connectivity index (χ0v) is 9.98. The largest absolute Gasteiger partial charge is 0.326 e. The lowest BCUT2D eigenvalue weighted by molar-refractivity contribution is 0.0772. The molecule has 0 aliphatic rings. The highest BCUT2D eigenvalue weighted by molar-refractivity contribution is 5.95. The molecule has 0 saturated heterocycles. The summed E-state index contributed by atoms with van der Waals surface area (Å²) in [5.74, 6) is -0.168. The number of amides is 1. The monoisotopic (exact) mass is 217 g/mol. The molecular formula is C12H15N3O. The first kappa shape index (κ1) is 12.2. The van der Waals surface area contributed by atoms with Gasteiger partial charge < -0.3 is 4.90 Å². The van der Waals surface area contributed by atoms with Crippen molar-refractivity contribution in [2.45, 2.75) is 26.8 Å². The molecule has 0 spiro atoms. The maximum Gasteiger partial charge on any atom is 0.256 e. The number of hydrogen-bond donors (Lipinski definition) is 0. The summed E-state index contributed by atoms with van der Waals surface area (Å²) in [6, 6.07) is 5.14. The zero-order valence-electron chi connectivity index (χ0n) is 9.98. The second kappa shape index (κ2) is 4.75. The topological polar surface area (TPSA) is 57.0 Å². The Morgan fingerprint density at radius 3 is 2.62 bits per heavy atom. The van der Waals surface area contributed by atoms with Crippen LogP contribution in [0.5, 0.6) is 0 Å². The van der Waals surface area contributed by atoms with Crippen LogP contribution in [0.2, 0.25) is 0 Å². The summed E-state index contributed by atoms with van der Waals surface area (Å²) in [5.41, 5.74) is 2.13. The molecule has 1 rings (SSSR count). The number of aromatic nitrogens is 1. The molecule has 1 aromatic rings. The van der Waals surface area contributed by atoms with Gasteiger partial charge in [-0.05, 0) is 32.9 Å². The van der Waals surface area contributed by atoms with E-state index in [1.54, 1.807) is 33.0 Å². The smallest absolute Gasteiger partial charge is 0.256 e. The van der Waals surface area contributed by atoms with Crippen LogP contribution in [-0.2, 0) is 0 Å². The minimum atomic E-state index is -0.437. The number of hydrogen-bond acceptors (Lipinski definition) is 3. The molecule has 1 heterocycles. The Hall–Kier alpha value is -1.89. The van der Waals surface area contributed by atoms with E-state index in [-0.39, 0.29) is 5.91 Å². The molecule has 1 amide bonds. The first-order valence-electron chi connectivity index (χ1n) is 5.08. The van der Waals surface area contributed by atoms with Crippen LogP contribution in [0.3, 0.4) is 0 Å². The first-order chi connectivity index (χ1) is 7.47. The van der Waals surface area contributed by atoms with Crippen molar-refractivity contribution in [1.82, 2.24) is 9.88 Å². The summed E-state index contributed by atoms with van der Waals surface area (Å²) in [6.45, 7) is 5.36. The van der Waals surface area contributed by atoms with Gasteiger partial charge in [0, 0.05) is 12.7 Å². The summed E-state index contributed by atoms with van der Waals surface area (Å²) in [6.07, 6.45) is 0. The van der Waals surface area contributed by atoms with Gasteiger partial charge in [0.1, 0.15) is 6.04 Å². The Morgan fingerprint density at radius 2 is 2.12 bits per heavy atom. The second-order valence-corrected chi connectivity index (χ2v) is 3.81. The lowest BCUT2D eigenvalue weighted by atomic mass is 10.1. The quantitative estimate of drug-likeness (QED) is 0.757. The molecule has 4 nitrogen and oxygen atoms in total. The lowest BCUT2D eigenvalue weighted by Crippen LogP contribution is -2.34. The molecule has 0 aliphatic heterocycles. The van der Waals surface area contributed by atoms with Crippen LogP contribution in [0.4, 0.5) is 0 Å². The van der Waals surface area contributed by atoms with Crippen LogP contribution in [0.25, 0.3) is 0 Å². The van der Waals surface area contributed by atoms with Gasteiger partial charge in [-0.3, -0.25) is 9.78 Å². The fourth-order valence-corrected chi connectivity index (χ4v) is 1.37. The van der Waals surface area contributed by atoms with Crippen molar-refractivity contribution in [3.63, 3.8) is 0 Å². The highest BCUT2D eigenvalue weighted by Crippen LogP contribution is 2.10. The SMILES string of the molecule is Cc1ccc(C(=O)N(C)C(C)C#N)c(C)n1. The van der Waals surface area contributed by atoms with Crippen molar-refractivity contribution in [2.24, 2.45) is 0 Å². The number of rotatable bonds is 2. The van der Waals surface area contributed by atoms with E-state index in [9.17, 15) is 4.79 Å². The molecule has 1 aromatic heterocycles. The molecule has 0 aromatic carbocycles. The average molecular weight is 217 g/mol. The number of nitrogens with zero attached hydrogens (tertiary/aromatic N) is 3. The van der Waals surface area contributed by atoms with Gasteiger partial charge in [0.2, 0.25) is 0 Å². The number of nitriles is 1. The van der Waals surface area contributed by atoms with Crippen molar-refractivity contribution in [3.8, 4) is 6.07 Å². The predicted molar refractivity (Wildman–Crippen MR) is 60.9 cm³/mol. The van der Waals surface area contributed by atoms with Crippen LogP contribution >= 0.6 is 0 Å². The molecule has 0 saturated carbocycles. The third-order valence-corrected chi connectivity index (χ3v) is 2.54. The van der Waals surface area contributed by atoms with Crippen molar-refractivity contribution in [1.29, 1.82) is 5.26 Å². The Kier molecular flexibility index (Phi) is 3.62. The Balaban J connectivity index is 3.02. The molecule has 16 heavy (non-hydrogen) atoms. The van der Waals surface area contributed by atoms with E-state index >= 15 is 0 Å². The third kappa shape index (κ3) is 2.37. The van der Waals surface area contributed by atoms with E-state index in [2.05, 4.69) is 4.98 Å². The van der Waals surface area contributed by atoms with Crippen LogP contribution in [0.15, 0.2) is 12.1 Å². The standard InChI is InChI=1S/C12H15N3O/c1-8-5-6-11(10(3)14-8)12(16)15(4)9(2)7-13/h5-6,9H,1-4H3. The van der Waals surface area contributed by atoms with Crippen LogP contribution in [-0.4, -0.2) is 28.9 Å². The fourth-order valence-electron chi connectivity index (χ4n) is 1.37. The molecule has 1 unspecified atom stereocenters. The lowest BCUT2D eigenvalue weighted by Gasteiger charge is -2.20. The van der Waals surface area contributed by atoms with Gasteiger partial charge in [0.15, 0.2) is 0 Å². The van der Waals surface area contributed by atoms with Crippen LogP contribution < -0.4 is 0 Å². The highest BCUT2D eigenvalue weighted by Gasteiger charge is 2.18. The van der Waals surface area contributed by atoms with Crippen LogP contribution in [0, 0.1) is 25.2 Å². The maximum absolute atomic E-state index is 12.0. The molecule has 0 bridgehead atoms. The van der Waals surface area contributed by atoms with E-state index in [1.807, 2.05) is 13.0 Å². The minimum absolute atomic E-state index is 0.168. The highest BCUT2D eigenvalue weighted by atomic mass is 16.2. The second-order valence-electron chi connectivity index (χ2n) is 3.81. The molecule has 0 N–H and O–H groups in total. The Labute approximate surface area is 95.5 Å². The van der Waals surface area contributed by atoms with E-state index in [0.29, 0.717) is 11.3 Å². The summed E-state index contributed by atoms with van der Waals surface area (Å²) in [4.78, 5) is 17.7. The van der Waals surface area contributed by atoms with Gasteiger partial charge >= 0.3 is 0 Å². The number of pyridine rings is 1. The number of aryl methyl sites for hydroxylation is 2. The van der Waals surface area contributed by atoms with Gasteiger partial charge in [0.05, 0.1) is 17.3 Å².